The van der Waals surface area contributed by atoms with E-state index in [1.807, 2.05) is 13.8 Å². The van der Waals surface area contributed by atoms with Gasteiger partial charge in [0.2, 0.25) is 5.43 Å². The van der Waals surface area contributed by atoms with Crippen LogP contribution in [-0.2, 0) is 0 Å². The van der Waals surface area contributed by atoms with E-state index in [2.05, 4.69) is 5.16 Å². The van der Waals surface area contributed by atoms with E-state index in [-0.39, 0.29) is 29.4 Å². The minimum atomic E-state index is -1.35. The van der Waals surface area contributed by atoms with E-state index in [1.165, 1.54) is 13.3 Å². The van der Waals surface area contributed by atoms with E-state index in [0.717, 1.165) is 18.9 Å². The van der Waals surface area contributed by atoms with Crippen LogP contribution in [0.25, 0.3) is 10.9 Å². The molecule has 154 valence electrons. The number of benzene rings is 1. The molecular formula is C20H22FN3O5. The lowest BCUT2D eigenvalue weighted by atomic mass is 9.91. The summed E-state index contributed by atoms with van der Waals surface area (Å²) in [6.45, 7) is 4.40. The molecule has 29 heavy (non-hydrogen) atoms. The van der Waals surface area contributed by atoms with Crippen LogP contribution in [0, 0.1) is 11.2 Å². The molecule has 8 nitrogen and oxygen atoms in total. The van der Waals surface area contributed by atoms with Crippen molar-refractivity contribution in [2.45, 2.75) is 32.7 Å². The number of aromatic nitrogens is 1. The standard InChI is InChI=1S/C20H22FN3O5/c1-20(2)9-23(8-14(20)22-28)16-13(21)6-11-15(18(16)29-3)24(10-4-5-10)7-12(17(11)25)19(26)27/h6-7,10,28H,4-5,8-9H2,1-3H3,(H,26,27)/b22-14+. The van der Waals surface area contributed by atoms with Gasteiger partial charge in [0.05, 0.1) is 30.3 Å². The number of oxime groups is 1. The van der Waals surface area contributed by atoms with Crippen molar-refractivity contribution in [3.05, 3.63) is 33.9 Å². The number of carboxylic acid groups (broad SMARTS) is 1. The Bertz CT molecular complexity index is 1120. The lowest BCUT2D eigenvalue weighted by molar-refractivity contribution is 0.0694. The monoisotopic (exact) mass is 403 g/mol. The van der Waals surface area contributed by atoms with Gasteiger partial charge in [0, 0.05) is 24.2 Å². The van der Waals surface area contributed by atoms with Gasteiger partial charge in [-0.1, -0.05) is 19.0 Å². The zero-order valence-corrected chi connectivity index (χ0v) is 16.4. The number of hydrogen-bond donors (Lipinski definition) is 2. The van der Waals surface area contributed by atoms with E-state index >= 15 is 4.39 Å². The number of pyridine rings is 1. The van der Waals surface area contributed by atoms with Gasteiger partial charge < -0.3 is 24.5 Å². The Hall–Kier alpha value is -3.10. The molecule has 1 saturated heterocycles. The second-order valence-corrected chi connectivity index (χ2v) is 8.24. The number of hydrogen-bond acceptors (Lipinski definition) is 6. The van der Waals surface area contributed by atoms with Crippen molar-refractivity contribution in [3.63, 3.8) is 0 Å². The smallest absolute Gasteiger partial charge is 0.341 e. The highest BCUT2D eigenvalue weighted by Gasteiger charge is 2.40. The lowest BCUT2D eigenvalue weighted by Gasteiger charge is -2.25. The molecule has 2 aromatic rings. The normalized spacial score (nSPS) is 19.9. The van der Waals surface area contributed by atoms with Crippen molar-refractivity contribution < 1.29 is 24.2 Å². The van der Waals surface area contributed by atoms with Gasteiger partial charge >= 0.3 is 5.97 Å². The first-order valence-electron chi connectivity index (χ1n) is 9.34. The van der Waals surface area contributed by atoms with Crippen LogP contribution in [0.1, 0.15) is 43.1 Å². The van der Waals surface area contributed by atoms with Crippen LogP contribution in [0.5, 0.6) is 5.75 Å². The maximum absolute atomic E-state index is 15.2. The summed E-state index contributed by atoms with van der Waals surface area (Å²) in [6.07, 6.45) is 3.00. The number of carbonyl (C=O) groups is 1. The second kappa shape index (κ2) is 6.47. The van der Waals surface area contributed by atoms with Crippen LogP contribution in [-0.4, -0.2) is 46.8 Å². The van der Waals surface area contributed by atoms with Gasteiger partial charge in [0.1, 0.15) is 11.3 Å². The van der Waals surface area contributed by atoms with Crippen molar-refractivity contribution in [3.8, 4) is 5.75 Å². The van der Waals surface area contributed by atoms with E-state index < -0.39 is 28.2 Å². The molecule has 4 rings (SSSR count). The predicted octanol–water partition coefficient (Wildman–Crippen LogP) is 2.86. The summed E-state index contributed by atoms with van der Waals surface area (Å²) in [5.41, 5.74) is -0.537. The zero-order valence-electron chi connectivity index (χ0n) is 16.4. The summed E-state index contributed by atoms with van der Waals surface area (Å²) in [4.78, 5) is 26.0. The lowest BCUT2D eigenvalue weighted by Crippen LogP contribution is -2.25. The first-order valence-corrected chi connectivity index (χ1v) is 9.34. The Kier molecular flexibility index (Phi) is 4.29. The quantitative estimate of drug-likeness (QED) is 0.601. The maximum Gasteiger partial charge on any atom is 0.341 e. The molecule has 0 amide bonds. The van der Waals surface area contributed by atoms with Crippen molar-refractivity contribution in [2.24, 2.45) is 10.6 Å². The molecule has 2 heterocycles. The molecule has 0 atom stereocenters. The highest BCUT2D eigenvalue weighted by atomic mass is 19.1. The van der Waals surface area contributed by atoms with Gasteiger partial charge in [0.15, 0.2) is 11.6 Å². The third kappa shape index (κ3) is 2.92. The number of ether oxygens (including phenoxy) is 1. The van der Waals surface area contributed by atoms with Crippen LogP contribution in [0.2, 0.25) is 0 Å². The highest BCUT2D eigenvalue weighted by molar-refractivity contribution is 6.00. The first kappa shape index (κ1) is 19.2. The van der Waals surface area contributed by atoms with Gasteiger partial charge in [-0.15, -0.1) is 0 Å². The molecule has 1 aliphatic heterocycles. The van der Waals surface area contributed by atoms with Gasteiger partial charge in [-0.05, 0) is 18.9 Å². The molecule has 1 saturated carbocycles. The van der Waals surface area contributed by atoms with Crippen LogP contribution < -0.4 is 15.1 Å². The van der Waals surface area contributed by atoms with Crippen LogP contribution in [0.4, 0.5) is 10.1 Å². The number of halogens is 1. The number of anilines is 1. The minimum absolute atomic E-state index is 0.0237. The van der Waals surface area contributed by atoms with Crippen molar-refractivity contribution in [2.75, 3.05) is 25.1 Å². The van der Waals surface area contributed by atoms with E-state index in [0.29, 0.717) is 17.8 Å². The van der Waals surface area contributed by atoms with Crippen LogP contribution in [0.15, 0.2) is 22.2 Å². The number of aromatic carboxylic acids is 1. The van der Waals surface area contributed by atoms with E-state index in [9.17, 15) is 19.9 Å². The van der Waals surface area contributed by atoms with Gasteiger partial charge in [0.25, 0.3) is 0 Å². The predicted molar refractivity (Wildman–Crippen MR) is 105 cm³/mol. The number of methoxy groups -OCH3 is 1. The van der Waals surface area contributed by atoms with Crippen LogP contribution >= 0.6 is 0 Å². The first-order chi connectivity index (χ1) is 13.7. The van der Waals surface area contributed by atoms with Crippen molar-refractivity contribution in [1.29, 1.82) is 0 Å². The molecule has 0 bridgehead atoms. The van der Waals surface area contributed by atoms with Gasteiger partial charge in [-0.25, -0.2) is 9.18 Å². The molecule has 9 heteroatoms. The molecular weight excluding hydrogens is 381 g/mol. The molecule has 0 unspecified atom stereocenters. The summed E-state index contributed by atoms with van der Waals surface area (Å²) >= 11 is 0. The third-order valence-corrected chi connectivity index (χ3v) is 5.72. The average molecular weight is 403 g/mol. The second-order valence-electron chi connectivity index (χ2n) is 8.24. The maximum atomic E-state index is 15.2. The Morgan fingerprint density at radius 1 is 1.38 bits per heavy atom. The number of rotatable bonds is 4. The summed E-state index contributed by atoms with van der Waals surface area (Å²) in [6, 6.07) is 1.12. The highest BCUT2D eigenvalue weighted by Crippen LogP contribution is 2.45. The van der Waals surface area contributed by atoms with E-state index in [4.69, 9.17) is 4.74 Å². The Balaban J connectivity index is 2.03. The van der Waals surface area contributed by atoms with Gasteiger partial charge in [-0.3, -0.25) is 4.79 Å². The SMILES string of the molecule is COc1c(N2C/C(=N\O)C(C)(C)C2)c(F)cc2c(=O)c(C(=O)O)cn(C3CC3)c12. The number of nitrogens with zero attached hydrogens (tertiary/aromatic N) is 3. The number of fused-ring (bicyclic) bond motifs is 1. The van der Waals surface area contributed by atoms with Crippen LogP contribution in [0.3, 0.4) is 0 Å². The molecule has 1 aliphatic carbocycles. The summed E-state index contributed by atoms with van der Waals surface area (Å²) < 4.78 is 22.5. The van der Waals surface area contributed by atoms with Crippen molar-refractivity contribution in [1.82, 2.24) is 4.57 Å². The Morgan fingerprint density at radius 3 is 2.59 bits per heavy atom. The average Bonchev–Trinajstić information content (AvgIpc) is 3.44. The molecule has 1 aromatic heterocycles. The molecule has 1 aromatic carbocycles. The molecule has 2 fully saturated rings. The molecule has 0 spiro atoms. The largest absolute Gasteiger partial charge is 0.492 e. The zero-order chi connectivity index (χ0) is 21.1. The Morgan fingerprint density at radius 2 is 2.07 bits per heavy atom. The fourth-order valence-corrected chi connectivity index (χ4v) is 4.07. The molecule has 0 radical (unpaired) electrons. The summed E-state index contributed by atoms with van der Waals surface area (Å²) in [7, 11) is 1.40. The third-order valence-electron chi connectivity index (χ3n) is 5.72. The molecule has 2 N–H and O–H groups in total. The van der Waals surface area contributed by atoms with Crippen molar-refractivity contribution >= 4 is 28.3 Å². The minimum Gasteiger partial charge on any atom is -0.492 e. The topological polar surface area (TPSA) is 104 Å². The number of carboxylic acids is 1. The Labute approximate surface area is 165 Å². The van der Waals surface area contributed by atoms with E-state index in [1.54, 1.807) is 9.47 Å². The van der Waals surface area contributed by atoms with Gasteiger partial charge in [-0.2, -0.15) is 0 Å². The fraction of sp³-hybridized carbons (Fsp3) is 0.450. The summed E-state index contributed by atoms with van der Waals surface area (Å²) in [5.74, 6) is -1.86. The fourth-order valence-electron chi connectivity index (χ4n) is 4.07. The summed E-state index contributed by atoms with van der Waals surface area (Å²) in [5, 5.41) is 22.1. The molecule has 2 aliphatic rings.